The topological polar surface area (TPSA) is 111 Å². The van der Waals surface area contributed by atoms with Crippen LogP contribution in [0.5, 0.6) is 0 Å². The first-order valence-corrected chi connectivity index (χ1v) is 11.1. The Morgan fingerprint density at radius 2 is 2.03 bits per heavy atom. The minimum Gasteiger partial charge on any atom is -0.465 e. The number of nitrogens with one attached hydrogen (secondary N) is 2. The van der Waals surface area contributed by atoms with Gasteiger partial charge in [-0.05, 0) is 6.92 Å². The van der Waals surface area contributed by atoms with Crippen molar-refractivity contribution >= 4 is 40.1 Å². The number of esters is 1. The van der Waals surface area contributed by atoms with Gasteiger partial charge < -0.3 is 19.9 Å². The van der Waals surface area contributed by atoms with Gasteiger partial charge in [0, 0.05) is 18.0 Å². The van der Waals surface area contributed by atoms with Crippen LogP contribution in [0.3, 0.4) is 0 Å². The van der Waals surface area contributed by atoms with Gasteiger partial charge in [-0.2, -0.15) is 0 Å². The first-order valence-electron chi connectivity index (χ1n) is 9.25. The van der Waals surface area contributed by atoms with Crippen molar-refractivity contribution in [3.8, 4) is 11.3 Å². The molecule has 9 nitrogen and oxygen atoms in total. The number of anilines is 1. The van der Waals surface area contributed by atoms with Crippen LogP contribution in [0.4, 0.5) is 5.13 Å². The second kappa shape index (κ2) is 10.7. The quantitative estimate of drug-likeness (QED) is 0.361. The zero-order valence-corrected chi connectivity index (χ0v) is 18.3. The molecule has 2 aromatic heterocycles. The number of carbonyl (C=O) groups excluding carboxylic acids is 2. The van der Waals surface area contributed by atoms with Crippen molar-refractivity contribution in [2.45, 2.75) is 18.6 Å². The van der Waals surface area contributed by atoms with E-state index in [0.717, 1.165) is 22.2 Å². The van der Waals surface area contributed by atoms with E-state index in [1.54, 1.807) is 6.92 Å². The van der Waals surface area contributed by atoms with Crippen molar-refractivity contribution < 1.29 is 14.3 Å². The van der Waals surface area contributed by atoms with Gasteiger partial charge in [0.1, 0.15) is 6.54 Å². The molecule has 3 rings (SSSR count). The van der Waals surface area contributed by atoms with Crippen molar-refractivity contribution in [3.05, 3.63) is 41.5 Å². The smallest absolute Gasteiger partial charge is 0.325 e. The van der Waals surface area contributed by atoms with Crippen LogP contribution in [0.1, 0.15) is 12.7 Å². The molecule has 0 aliphatic heterocycles. The lowest BCUT2D eigenvalue weighted by Crippen LogP contribution is -2.31. The predicted octanol–water partition coefficient (Wildman–Crippen LogP) is 2.32. The van der Waals surface area contributed by atoms with Gasteiger partial charge in [-0.15, -0.1) is 21.5 Å². The lowest BCUT2D eigenvalue weighted by Gasteiger charge is -2.06. The van der Waals surface area contributed by atoms with Crippen molar-refractivity contribution in [2.24, 2.45) is 7.05 Å². The molecular weight excluding hydrogens is 424 g/mol. The molecule has 2 heterocycles. The summed E-state index contributed by atoms with van der Waals surface area (Å²) in [6.07, 6.45) is 0. The normalized spacial score (nSPS) is 10.6. The number of amides is 1. The molecule has 0 atom stereocenters. The van der Waals surface area contributed by atoms with Crippen LogP contribution < -0.4 is 10.6 Å². The van der Waals surface area contributed by atoms with Crippen molar-refractivity contribution in [2.75, 3.05) is 24.2 Å². The summed E-state index contributed by atoms with van der Waals surface area (Å²) in [4.78, 5) is 27.7. The average Bonchev–Trinajstić information content (AvgIpc) is 3.37. The number of rotatable bonds is 10. The fraction of sp³-hybridized carbons (Fsp3) is 0.316. The maximum Gasteiger partial charge on any atom is 0.325 e. The summed E-state index contributed by atoms with van der Waals surface area (Å²) in [7, 11) is 1.84. The number of thioether (sulfide) groups is 1. The summed E-state index contributed by atoms with van der Waals surface area (Å²) in [6.45, 7) is 2.32. The number of benzene rings is 1. The molecule has 11 heteroatoms. The number of hydrogen-bond donors (Lipinski definition) is 2. The number of hydrogen-bond acceptors (Lipinski definition) is 9. The van der Waals surface area contributed by atoms with Crippen molar-refractivity contribution in [1.29, 1.82) is 0 Å². The molecule has 0 saturated heterocycles. The van der Waals surface area contributed by atoms with Crippen LogP contribution in [-0.4, -0.2) is 50.5 Å². The Labute approximate surface area is 182 Å². The van der Waals surface area contributed by atoms with E-state index >= 15 is 0 Å². The van der Waals surface area contributed by atoms with Gasteiger partial charge in [0.15, 0.2) is 16.1 Å². The molecule has 30 heavy (non-hydrogen) atoms. The number of aromatic nitrogens is 4. The highest BCUT2D eigenvalue weighted by Gasteiger charge is 2.13. The fourth-order valence-corrected chi connectivity index (χ4v) is 3.92. The lowest BCUT2D eigenvalue weighted by molar-refractivity contribution is -0.143. The SMILES string of the molecule is CCOC(=O)CNC(=O)CSc1nnc(CNc2nc(-c3ccccc3)cs2)n1C. The molecule has 0 aliphatic rings. The molecule has 0 bridgehead atoms. The summed E-state index contributed by atoms with van der Waals surface area (Å²) >= 11 is 2.77. The summed E-state index contributed by atoms with van der Waals surface area (Å²) < 4.78 is 6.59. The summed E-state index contributed by atoms with van der Waals surface area (Å²) in [5.74, 6) is 0.124. The van der Waals surface area contributed by atoms with Gasteiger partial charge in [0.25, 0.3) is 0 Å². The Bertz CT molecular complexity index is 989. The fourth-order valence-electron chi connectivity index (χ4n) is 2.44. The Balaban J connectivity index is 1.48. The first-order chi connectivity index (χ1) is 14.6. The summed E-state index contributed by atoms with van der Waals surface area (Å²) in [6, 6.07) is 9.99. The van der Waals surface area contributed by atoms with E-state index < -0.39 is 5.97 Å². The molecule has 0 fully saturated rings. The maximum atomic E-state index is 11.9. The average molecular weight is 447 g/mol. The monoisotopic (exact) mass is 446 g/mol. The zero-order chi connectivity index (χ0) is 21.3. The van der Waals surface area contributed by atoms with Gasteiger partial charge in [-0.25, -0.2) is 4.98 Å². The van der Waals surface area contributed by atoms with Crippen LogP contribution in [0.2, 0.25) is 0 Å². The Hall–Kier alpha value is -2.92. The number of thiazole rings is 1. The van der Waals surface area contributed by atoms with E-state index in [-0.39, 0.29) is 24.8 Å². The third-order valence-corrected chi connectivity index (χ3v) is 5.78. The molecule has 2 N–H and O–H groups in total. The molecular formula is C19H22N6O3S2. The zero-order valence-electron chi connectivity index (χ0n) is 16.6. The van der Waals surface area contributed by atoms with Crippen LogP contribution in [0.15, 0.2) is 40.9 Å². The van der Waals surface area contributed by atoms with Crippen molar-refractivity contribution in [1.82, 2.24) is 25.1 Å². The highest BCUT2D eigenvalue weighted by molar-refractivity contribution is 7.99. The number of nitrogens with zero attached hydrogens (tertiary/aromatic N) is 4. The molecule has 0 spiro atoms. The van der Waals surface area contributed by atoms with E-state index in [1.807, 2.05) is 47.3 Å². The van der Waals surface area contributed by atoms with Crippen LogP contribution in [-0.2, 0) is 27.9 Å². The third-order valence-electron chi connectivity index (χ3n) is 3.96. The molecule has 0 radical (unpaired) electrons. The lowest BCUT2D eigenvalue weighted by atomic mass is 10.2. The number of carbonyl (C=O) groups is 2. The first kappa shape index (κ1) is 21.8. The Morgan fingerprint density at radius 3 is 2.80 bits per heavy atom. The van der Waals surface area contributed by atoms with E-state index in [4.69, 9.17) is 4.74 Å². The van der Waals surface area contributed by atoms with Gasteiger partial charge in [0.2, 0.25) is 5.91 Å². The van der Waals surface area contributed by atoms with Gasteiger partial charge >= 0.3 is 5.97 Å². The van der Waals surface area contributed by atoms with Gasteiger partial charge in [-0.1, -0.05) is 42.1 Å². The highest BCUT2D eigenvalue weighted by Crippen LogP contribution is 2.25. The molecule has 0 unspecified atom stereocenters. The van der Waals surface area contributed by atoms with Gasteiger partial charge in [0.05, 0.1) is 24.6 Å². The number of ether oxygens (including phenoxy) is 1. The van der Waals surface area contributed by atoms with Gasteiger partial charge in [-0.3, -0.25) is 9.59 Å². The largest absolute Gasteiger partial charge is 0.465 e. The molecule has 3 aromatic rings. The van der Waals surface area contributed by atoms with E-state index in [1.165, 1.54) is 23.1 Å². The van der Waals surface area contributed by atoms with Crippen LogP contribution >= 0.6 is 23.1 Å². The van der Waals surface area contributed by atoms with Crippen molar-refractivity contribution in [3.63, 3.8) is 0 Å². The van der Waals surface area contributed by atoms with Crippen LogP contribution in [0, 0.1) is 0 Å². The Kier molecular flexibility index (Phi) is 7.80. The molecule has 158 valence electrons. The van der Waals surface area contributed by atoms with E-state index in [2.05, 4.69) is 25.8 Å². The minimum atomic E-state index is -0.458. The Morgan fingerprint density at radius 1 is 1.23 bits per heavy atom. The summed E-state index contributed by atoms with van der Waals surface area (Å²) in [5.41, 5.74) is 1.99. The maximum absolute atomic E-state index is 11.9. The second-order valence-electron chi connectivity index (χ2n) is 6.09. The standard InChI is InChI=1S/C19H22N6O3S2/c1-3-28-17(27)10-20-16(26)12-30-19-24-23-15(25(19)2)9-21-18-22-14(11-29-18)13-7-5-4-6-8-13/h4-8,11H,3,9-10,12H2,1-2H3,(H,20,26)(H,21,22). The predicted molar refractivity (Wildman–Crippen MR) is 116 cm³/mol. The van der Waals surface area contributed by atoms with E-state index in [0.29, 0.717) is 11.7 Å². The highest BCUT2D eigenvalue weighted by atomic mass is 32.2. The van der Waals surface area contributed by atoms with Crippen LogP contribution in [0.25, 0.3) is 11.3 Å². The molecule has 0 aliphatic carbocycles. The molecule has 1 amide bonds. The molecule has 1 aromatic carbocycles. The minimum absolute atomic E-state index is 0.131. The summed E-state index contributed by atoms with van der Waals surface area (Å²) in [5, 5.41) is 17.5. The second-order valence-corrected chi connectivity index (χ2v) is 7.89. The molecule has 0 saturated carbocycles. The van der Waals surface area contributed by atoms with E-state index in [9.17, 15) is 9.59 Å². The third kappa shape index (κ3) is 6.04.